The molecule has 34 heavy (non-hydrogen) atoms. The van der Waals surface area contributed by atoms with Crippen molar-refractivity contribution >= 4 is 28.6 Å². The van der Waals surface area contributed by atoms with Crippen molar-refractivity contribution in [3.05, 3.63) is 42.4 Å². The van der Waals surface area contributed by atoms with E-state index in [0.717, 1.165) is 60.4 Å². The molecule has 0 radical (unpaired) electrons. The fraction of sp³-hybridized carbons (Fsp3) is 0.440. The second-order valence-electron chi connectivity index (χ2n) is 8.78. The summed E-state index contributed by atoms with van der Waals surface area (Å²) in [6.45, 7) is 5.03. The van der Waals surface area contributed by atoms with Crippen LogP contribution >= 0.6 is 0 Å². The Labute approximate surface area is 199 Å². The highest BCUT2D eigenvalue weighted by Gasteiger charge is 2.23. The molecule has 9 nitrogen and oxygen atoms in total. The first-order valence-electron chi connectivity index (χ1n) is 11.9. The number of rotatable bonds is 5. The molecule has 178 valence electrons. The van der Waals surface area contributed by atoms with Gasteiger partial charge in [-0.25, -0.2) is 4.98 Å². The standard InChI is InChI=1S/C25H31N7O2/c1-17-16-33-14-12-32(17)22-15-19(21-8-11-29-31(21)2)18-6-9-28-25(24(18)30-22)20(26)7-10-27-23-5-3-4-13-34-23/h6-11,15,17,23H,3-5,12-14,16,26H2,1-2H3/b20-7-,27-10+/t17-,23?/m1/s1. The molecule has 2 fully saturated rings. The molecule has 0 spiro atoms. The van der Waals surface area contributed by atoms with Crippen LogP contribution in [0, 0.1) is 0 Å². The maximum atomic E-state index is 6.51. The first-order valence-corrected chi connectivity index (χ1v) is 11.9. The van der Waals surface area contributed by atoms with Crippen molar-refractivity contribution in [2.24, 2.45) is 17.8 Å². The van der Waals surface area contributed by atoms with Crippen molar-refractivity contribution in [1.29, 1.82) is 0 Å². The smallest absolute Gasteiger partial charge is 0.148 e. The Morgan fingerprint density at radius 1 is 1.24 bits per heavy atom. The van der Waals surface area contributed by atoms with E-state index in [4.69, 9.17) is 20.2 Å². The minimum atomic E-state index is -0.0951. The summed E-state index contributed by atoms with van der Waals surface area (Å²) in [6, 6.07) is 6.34. The number of ether oxygens (including phenoxy) is 2. The Morgan fingerprint density at radius 3 is 2.91 bits per heavy atom. The van der Waals surface area contributed by atoms with E-state index >= 15 is 0 Å². The highest BCUT2D eigenvalue weighted by Crippen LogP contribution is 2.34. The van der Waals surface area contributed by atoms with Gasteiger partial charge < -0.3 is 20.1 Å². The molecule has 2 saturated heterocycles. The number of morpholine rings is 1. The van der Waals surface area contributed by atoms with E-state index < -0.39 is 0 Å². The van der Waals surface area contributed by atoms with Gasteiger partial charge in [0.05, 0.1) is 30.6 Å². The van der Waals surface area contributed by atoms with Crippen LogP contribution in [0.15, 0.2) is 41.7 Å². The molecule has 0 bridgehead atoms. The van der Waals surface area contributed by atoms with Gasteiger partial charge in [-0.15, -0.1) is 0 Å². The van der Waals surface area contributed by atoms with Gasteiger partial charge >= 0.3 is 0 Å². The Balaban J connectivity index is 1.60. The second-order valence-corrected chi connectivity index (χ2v) is 8.78. The van der Waals surface area contributed by atoms with E-state index in [-0.39, 0.29) is 12.3 Å². The van der Waals surface area contributed by atoms with Gasteiger partial charge in [0.1, 0.15) is 23.3 Å². The molecule has 5 rings (SSSR count). The summed E-state index contributed by atoms with van der Waals surface area (Å²) < 4.78 is 13.2. The predicted octanol–water partition coefficient (Wildman–Crippen LogP) is 3.15. The number of aliphatic imine (C=N–C) groups is 1. The zero-order valence-corrected chi connectivity index (χ0v) is 19.7. The van der Waals surface area contributed by atoms with Crippen molar-refractivity contribution in [1.82, 2.24) is 19.7 Å². The van der Waals surface area contributed by atoms with E-state index in [1.165, 1.54) is 0 Å². The van der Waals surface area contributed by atoms with Crippen LogP contribution in [0.3, 0.4) is 0 Å². The van der Waals surface area contributed by atoms with Gasteiger partial charge in [-0.1, -0.05) is 0 Å². The molecule has 2 aliphatic rings. The number of anilines is 1. The van der Waals surface area contributed by atoms with Crippen LogP contribution in [0.25, 0.3) is 27.9 Å². The predicted molar refractivity (Wildman–Crippen MR) is 134 cm³/mol. The monoisotopic (exact) mass is 461 g/mol. The lowest BCUT2D eigenvalue weighted by Crippen LogP contribution is -2.44. The molecule has 3 aromatic heterocycles. The number of nitrogens with two attached hydrogens (primary N) is 1. The SMILES string of the molecule is C[C@@H]1COCCN1c1cc(-c2ccnn2C)c2ccnc(/C(N)=C/C=N/C3CCCCO3)c2n1. The average molecular weight is 462 g/mol. The van der Waals surface area contributed by atoms with Gasteiger partial charge in [0, 0.05) is 49.8 Å². The molecular weight excluding hydrogens is 430 g/mol. The molecule has 2 N–H and O–H groups in total. The Bertz CT molecular complexity index is 1210. The molecule has 3 aromatic rings. The van der Waals surface area contributed by atoms with Crippen LogP contribution in [-0.4, -0.2) is 64.6 Å². The van der Waals surface area contributed by atoms with Gasteiger partial charge in [-0.05, 0) is 50.5 Å². The number of pyridine rings is 2. The summed E-state index contributed by atoms with van der Waals surface area (Å²) >= 11 is 0. The molecule has 2 aliphatic heterocycles. The van der Waals surface area contributed by atoms with Gasteiger partial charge in [0.15, 0.2) is 0 Å². The largest absolute Gasteiger partial charge is 0.397 e. The number of fused-ring (bicyclic) bond motifs is 1. The highest BCUT2D eigenvalue weighted by atomic mass is 16.5. The average Bonchev–Trinajstić information content (AvgIpc) is 3.29. The Kier molecular flexibility index (Phi) is 6.55. The third-order valence-corrected chi connectivity index (χ3v) is 6.41. The van der Waals surface area contributed by atoms with E-state index in [1.807, 2.05) is 23.9 Å². The minimum Gasteiger partial charge on any atom is -0.397 e. The van der Waals surface area contributed by atoms with Crippen LogP contribution in [0.1, 0.15) is 31.9 Å². The van der Waals surface area contributed by atoms with Crippen LogP contribution < -0.4 is 10.6 Å². The lowest BCUT2D eigenvalue weighted by Gasteiger charge is -2.34. The topological polar surface area (TPSA) is 104 Å². The summed E-state index contributed by atoms with van der Waals surface area (Å²) in [7, 11) is 1.94. The van der Waals surface area contributed by atoms with E-state index in [9.17, 15) is 0 Å². The maximum Gasteiger partial charge on any atom is 0.148 e. The van der Waals surface area contributed by atoms with Gasteiger partial charge in [0.25, 0.3) is 0 Å². The van der Waals surface area contributed by atoms with E-state index in [1.54, 1.807) is 24.7 Å². The summed E-state index contributed by atoms with van der Waals surface area (Å²) in [5.74, 6) is 0.880. The van der Waals surface area contributed by atoms with Crippen LogP contribution in [0.4, 0.5) is 5.82 Å². The van der Waals surface area contributed by atoms with Crippen molar-refractivity contribution in [2.75, 3.05) is 31.3 Å². The van der Waals surface area contributed by atoms with E-state index in [0.29, 0.717) is 24.6 Å². The van der Waals surface area contributed by atoms with Crippen molar-refractivity contribution < 1.29 is 9.47 Å². The summed E-state index contributed by atoms with van der Waals surface area (Å²) in [6.07, 6.45) is 10.2. The first kappa shape index (κ1) is 22.5. The van der Waals surface area contributed by atoms with Crippen LogP contribution in [0.5, 0.6) is 0 Å². The number of nitrogens with zero attached hydrogens (tertiary/aromatic N) is 6. The van der Waals surface area contributed by atoms with Crippen LogP contribution in [-0.2, 0) is 16.5 Å². The second kappa shape index (κ2) is 9.90. The van der Waals surface area contributed by atoms with Crippen LogP contribution in [0.2, 0.25) is 0 Å². The Morgan fingerprint density at radius 2 is 2.15 bits per heavy atom. The molecule has 5 heterocycles. The molecule has 9 heteroatoms. The minimum absolute atomic E-state index is 0.0951. The fourth-order valence-corrected chi connectivity index (χ4v) is 4.55. The number of allylic oxidation sites excluding steroid dienone is 1. The highest BCUT2D eigenvalue weighted by molar-refractivity contribution is 6.00. The molecule has 2 atom stereocenters. The summed E-state index contributed by atoms with van der Waals surface area (Å²) in [5.41, 5.74) is 10.5. The summed E-state index contributed by atoms with van der Waals surface area (Å²) in [4.78, 5) is 16.5. The number of hydrogen-bond donors (Lipinski definition) is 1. The van der Waals surface area contributed by atoms with E-state index in [2.05, 4.69) is 33.0 Å². The zero-order valence-electron chi connectivity index (χ0n) is 19.7. The molecular formula is C25H31N7O2. The third kappa shape index (κ3) is 4.53. The first-order chi connectivity index (χ1) is 16.6. The molecule has 1 unspecified atom stereocenters. The fourth-order valence-electron chi connectivity index (χ4n) is 4.55. The third-order valence-electron chi connectivity index (χ3n) is 6.41. The van der Waals surface area contributed by atoms with Crippen molar-refractivity contribution in [3.8, 4) is 11.3 Å². The lowest BCUT2D eigenvalue weighted by molar-refractivity contribution is 0.0227. The normalized spacial score (nSPS) is 22.1. The van der Waals surface area contributed by atoms with Gasteiger partial charge in [-0.3, -0.25) is 14.7 Å². The molecule has 0 saturated carbocycles. The molecule has 0 aromatic carbocycles. The van der Waals surface area contributed by atoms with Crippen molar-refractivity contribution in [2.45, 2.75) is 38.5 Å². The molecule has 0 amide bonds. The Hall–Kier alpha value is -3.30. The van der Waals surface area contributed by atoms with Gasteiger partial charge in [0.2, 0.25) is 0 Å². The number of aryl methyl sites for hydroxylation is 1. The molecule has 0 aliphatic carbocycles. The number of aromatic nitrogens is 4. The quantitative estimate of drug-likeness (QED) is 0.582. The number of hydrogen-bond acceptors (Lipinski definition) is 8. The maximum absolute atomic E-state index is 6.51. The van der Waals surface area contributed by atoms with Gasteiger partial charge in [-0.2, -0.15) is 5.10 Å². The summed E-state index contributed by atoms with van der Waals surface area (Å²) in [5, 5.41) is 5.36. The zero-order chi connectivity index (χ0) is 23.5. The van der Waals surface area contributed by atoms with Crippen molar-refractivity contribution in [3.63, 3.8) is 0 Å². The lowest BCUT2D eigenvalue weighted by atomic mass is 10.0.